The molecule has 4 aromatic rings. The number of benzene rings is 3. The van der Waals surface area contributed by atoms with Crippen LogP contribution in [0.1, 0.15) is 22.3 Å². The summed E-state index contributed by atoms with van der Waals surface area (Å²) >= 11 is 5.20. The lowest BCUT2D eigenvalue weighted by Crippen LogP contribution is -2.39. The van der Waals surface area contributed by atoms with Crippen molar-refractivity contribution in [2.45, 2.75) is 19.0 Å². The summed E-state index contributed by atoms with van der Waals surface area (Å²) in [6, 6.07) is 17.8. The third-order valence-electron chi connectivity index (χ3n) is 7.02. The number of thiocarbonyl (C=S) groups is 1. The van der Waals surface area contributed by atoms with Crippen LogP contribution >= 0.6 is 12.2 Å². The molecule has 1 aromatic heterocycles. The van der Waals surface area contributed by atoms with Crippen molar-refractivity contribution in [3.63, 3.8) is 0 Å². The number of anilines is 1. The number of halogens is 2. The zero-order chi connectivity index (χ0) is 31.9. The minimum absolute atomic E-state index is 0.00592. The second-order valence-electron chi connectivity index (χ2n) is 10.2. The van der Waals surface area contributed by atoms with E-state index in [1.165, 1.54) is 54.6 Å². The molecule has 45 heavy (non-hydrogen) atoms. The quantitative estimate of drug-likeness (QED) is 0.230. The Bertz CT molecular complexity index is 1760. The average Bonchev–Trinajstić information content (AvgIpc) is 3.47. The lowest BCUT2D eigenvalue weighted by molar-refractivity contribution is -0.129. The number of nitrogens with one attached hydrogen (secondary N) is 3. The van der Waals surface area contributed by atoms with E-state index >= 15 is 4.39 Å². The van der Waals surface area contributed by atoms with Crippen LogP contribution in [0.5, 0.6) is 17.2 Å². The molecule has 2 heterocycles. The van der Waals surface area contributed by atoms with Crippen molar-refractivity contribution in [3.05, 3.63) is 89.9 Å². The van der Waals surface area contributed by atoms with Gasteiger partial charge in [-0.15, -0.1) is 0 Å². The van der Waals surface area contributed by atoms with Crippen LogP contribution in [0.15, 0.2) is 72.9 Å². The predicted molar refractivity (Wildman–Crippen MR) is 168 cm³/mol. The monoisotopic (exact) mass is 633 g/mol. The second-order valence-corrected chi connectivity index (χ2v) is 10.6. The van der Waals surface area contributed by atoms with E-state index < -0.39 is 23.8 Å². The first-order chi connectivity index (χ1) is 21.7. The maximum Gasteiger partial charge on any atom is 0.255 e. The molecule has 0 saturated carbocycles. The van der Waals surface area contributed by atoms with E-state index in [4.69, 9.17) is 21.7 Å². The van der Waals surface area contributed by atoms with Crippen molar-refractivity contribution in [3.8, 4) is 17.2 Å². The van der Waals surface area contributed by atoms with Crippen molar-refractivity contribution < 1.29 is 32.6 Å². The fourth-order valence-electron chi connectivity index (χ4n) is 4.78. The molecule has 0 radical (unpaired) electrons. The van der Waals surface area contributed by atoms with Crippen molar-refractivity contribution >= 4 is 51.6 Å². The van der Waals surface area contributed by atoms with Gasteiger partial charge in [-0.25, -0.2) is 8.78 Å². The van der Waals surface area contributed by atoms with Crippen molar-refractivity contribution in [1.82, 2.24) is 20.5 Å². The van der Waals surface area contributed by atoms with Gasteiger partial charge < -0.3 is 30.3 Å². The van der Waals surface area contributed by atoms with Crippen LogP contribution in [0.3, 0.4) is 0 Å². The number of nitrogens with zero attached hydrogens (tertiary/aromatic N) is 2. The van der Waals surface area contributed by atoms with Crippen LogP contribution in [0.4, 0.5) is 14.5 Å². The molecule has 5 rings (SSSR count). The number of rotatable bonds is 9. The van der Waals surface area contributed by atoms with Gasteiger partial charge in [0.05, 0.1) is 37.7 Å². The van der Waals surface area contributed by atoms with Gasteiger partial charge in [-0.05, 0) is 48.5 Å². The maximum absolute atomic E-state index is 15.1. The Balaban J connectivity index is 1.27. The molecule has 1 saturated heterocycles. The minimum atomic E-state index is -1.07. The lowest BCUT2D eigenvalue weighted by Gasteiger charge is -2.16. The number of amides is 3. The molecule has 1 aliphatic rings. The Morgan fingerprint density at radius 1 is 1.04 bits per heavy atom. The minimum Gasteiger partial charge on any atom is -0.496 e. The van der Waals surface area contributed by atoms with E-state index in [1.807, 2.05) is 30.3 Å². The molecular formula is C32H29F2N5O5S. The number of pyridine rings is 1. The highest BCUT2D eigenvalue weighted by Crippen LogP contribution is 2.34. The highest BCUT2D eigenvalue weighted by molar-refractivity contribution is 7.80. The molecule has 1 atom stereocenters. The number of carbonyl (C=O) groups is 3. The van der Waals surface area contributed by atoms with Crippen molar-refractivity contribution in [2.24, 2.45) is 0 Å². The first-order valence-corrected chi connectivity index (χ1v) is 14.4. The van der Waals surface area contributed by atoms with Gasteiger partial charge in [-0.2, -0.15) is 0 Å². The summed E-state index contributed by atoms with van der Waals surface area (Å²) < 4.78 is 39.9. The first kappa shape index (κ1) is 31.3. The number of likely N-dealkylation sites (tertiary alicyclic amines) is 1. The second kappa shape index (κ2) is 14.1. The summed E-state index contributed by atoms with van der Waals surface area (Å²) in [4.78, 5) is 43.4. The highest BCUT2D eigenvalue weighted by atomic mass is 32.1. The summed E-state index contributed by atoms with van der Waals surface area (Å²) in [7, 11) is 1.39. The fourth-order valence-corrected chi connectivity index (χ4v) is 5.02. The smallest absolute Gasteiger partial charge is 0.255 e. The highest BCUT2D eigenvalue weighted by Gasteiger charge is 2.26. The Hall–Kier alpha value is -5.17. The maximum atomic E-state index is 15.1. The summed E-state index contributed by atoms with van der Waals surface area (Å²) in [5.41, 5.74) is 1.63. The lowest BCUT2D eigenvalue weighted by atomic mass is 10.1. The van der Waals surface area contributed by atoms with Gasteiger partial charge in [-0.3, -0.25) is 19.4 Å². The van der Waals surface area contributed by atoms with Crippen LogP contribution in [0.25, 0.3) is 10.9 Å². The normalized spacial score (nSPS) is 14.1. The number of carbonyl (C=O) groups excluding carboxylic acids is 3. The molecule has 0 bridgehead atoms. The van der Waals surface area contributed by atoms with Crippen LogP contribution in [-0.4, -0.2) is 65.6 Å². The molecule has 232 valence electrons. The Kier molecular flexibility index (Phi) is 9.78. The molecule has 1 fully saturated rings. The molecule has 1 unspecified atom stereocenters. The summed E-state index contributed by atoms with van der Waals surface area (Å²) in [6.07, 6.45) is 0.808. The number of fused-ring (bicyclic) bond motifs is 1. The molecular weight excluding hydrogens is 604 g/mol. The summed E-state index contributed by atoms with van der Waals surface area (Å²) in [5.74, 6) is -1.72. The number of aromatic nitrogens is 1. The van der Waals surface area contributed by atoms with Crippen molar-refractivity contribution in [2.75, 3.05) is 32.1 Å². The van der Waals surface area contributed by atoms with E-state index in [0.717, 1.165) is 5.56 Å². The van der Waals surface area contributed by atoms with Gasteiger partial charge in [0.1, 0.15) is 17.7 Å². The molecule has 3 aromatic carbocycles. The zero-order valence-electron chi connectivity index (χ0n) is 24.1. The largest absolute Gasteiger partial charge is 0.496 e. The summed E-state index contributed by atoms with van der Waals surface area (Å²) in [6.45, 7) is -0.00597. The molecule has 10 nitrogen and oxygen atoms in total. The van der Waals surface area contributed by atoms with E-state index in [-0.39, 0.29) is 59.8 Å². The zero-order valence-corrected chi connectivity index (χ0v) is 25.0. The van der Waals surface area contributed by atoms with Crippen molar-refractivity contribution in [1.29, 1.82) is 0 Å². The van der Waals surface area contributed by atoms with Gasteiger partial charge in [0, 0.05) is 35.9 Å². The average molecular weight is 634 g/mol. The van der Waals surface area contributed by atoms with Gasteiger partial charge >= 0.3 is 0 Å². The predicted octanol–water partition coefficient (Wildman–Crippen LogP) is 4.53. The van der Waals surface area contributed by atoms with Gasteiger partial charge in [0.2, 0.25) is 11.8 Å². The molecule has 13 heteroatoms. The fraction of sp³-hybridized carbons (Fsp3) is 0.219. The Morgan fingerprint density at radius 2 is 1.84 bits per heavy atom. The van der Waals surface area contributed by atoms with Gasteiger partial charge in [0.15, 0.2) is 16.7 Å². The van der Waals surface area contributed by atoms with Crippen LogP contribution in [0, 0.1) is 5.82 Å². The molecule has 3 amide bonds. The Morgan fingerprint density at radius 3 is 2.56 bits per heavy atom. The van der Waals surface area contributed by atoms with Crippen LogP contribution in [-0.2, 0) is 16.0 Å². The van der Waals surface area contributed by atoms with Gasteiger partial charge in [0.25, 0.3) is 5.91 Å². The van der Waals surface area contributed by atoms with Crippen LogP contribution in [0.2, 0.25) is 0 Å². The van der Waals surface area contributed by atoms with E-state index in [2.05, 4.69) is 20.9 Å². The topological polar surface area (TPSA) is 122 Å². The number of hydrogen-bond donors (Lipinski definition) is 3. The van der Waals surface area contributed by atoms with E-state index in [9.17, 15) is 18.8 Å². The molecule has 1 aliphatic heterocycles. The van der Waals surface area contributed by atoms with Gasteiger partial charge in [-0.1, -0.05) is 30.3 Å². The van der Waals surface area contributed by atoms with E-state index in [1.54, 1.807) is 0 Å². The molecule has 3 N–H and O–H groups in total. The third-order valence-corrected chi connectivity index (χ3v) is 7.23. The molecule has 0 aliphatic carbocycles. The standard InChI is InChI=1S/C32H29F2N5O5S/c1-43-28-16-25-22(15-23(28)31(42)36-17-30(41)39-12-10-20(33)18-39)26(9-11-35-25)44-27-8-7-21(14-24(27)34)37-32(45)38-29(40)13-19-5-3-2-4-6-19/h2-9,11,14-16,20H,10,12-13,17-18H2,1H3,(H,36,42)(H2,37,38,40,45). The third kappa shape index (κ3) is 7.87. The van der Waals surface area contributed by atoms with E-state index in [0.29, 0.717) is 23.1 Å². The number of ether oxygens (including phenoxy) is 2. The summed E-state index contributed by atoms with van der Waals surface area (Å²) in [5, 5.41) is 8.31. The Labute approximate surface area is 262 Å². The van der Waals surface area contributed by atoms with Crippen LogP contribution < -0.4 is 25.4 Å². The number of hydrogen-bond acceptors (Lipinski definition) is 7. The number of alkyl halides is 1. The molecule has 0 spiro atoms. The number of methoxy groups -OCH3 is 1. The SMILES string of the molecule is COc1cc2nccc(Oc3ccc(NC(=S)NC(=O)Cc4ccccc4)cc3F)c2cc1C(=O)NCC(=O)N1CCC(F)C1. The first-order valence-electron chi connectivity index (χ1n) is 14.0.